The Bertz CT molecular complexity index is 431. The van der Waals surface area contributed by atoms with Crippen LogP contribution in [0.2, 0.25) is 5.02 Å². The molecule has 0 aliphatic carbocycles. The van der Waals surface area contributed by atoms with Crippen LogP contribution in [0.4, 0.5) is 0 Å². The summed E-state index contributed by atoms with van der Waals surface area (Å²) >= 11 is 6.00. The summed E-state index contributed by atoms with van der Waals surface area (Å²) in [5, 5.41) is 1.85. The number of fused-ring (bicyclic) bond motifs is 1. The lowest BCUT2D eigenvalue weighted by atomic mass is 10.2. The fourth-order valence-corrected chi connectivity index (χ4v) is 1.62. The highest BCUT2D eigenvalue weighted by atomic mass is 35.5. The molecule has 0 fully saturated rings. The van der Waals surface area contributed by atoms with Gasteiger partial charge >= 0.3 is 0 Å². The molecule has 2 rings (SSSR count). The number of halogens is 1. The van der Waals surface area contributed by atoms with Gasteiger partial charge in [-0.25, -0.2) is 0 Å². The number of H-pyrrole nitrogens is 1. The molecule has 0 aliphatic rings. The number of hydrogen-bond donors (Lipinski definition) is 2. The van der Waals surface area contributed by atoms with Crippen LogP contribution in [-0.4, -0.2) is 4.98 Å². The van der Waals surface area contributed by atoms with Crippen LogP contribution in [0.5, 0.6) is 0 Å². The normalized spacial score (nSPS) is 13.5. The van der Waals surface area contributed by atoms with E-state index in [1.165, 1.54) is 0 Å². The predicted octanol–water partition coefficient (Wildman–Crippen LogP) is 2.84. The Morgan fingerprint density at radius 1 is 1.46 bits per heavy atom. The number of para-hydroxylation sites is 1. The monoisotopic (exact) mass is 194 g/mol. The molecule has 1 heterocycles. The van der Waals surface area contributed by atoms with Gasteiger partial charge in [0.25, 0.3) is 0 Å². The van der Waals surface area contributed by atoms with Crippen molar-refractivity contribution in [1.82, 2.24) is 4.98 Å². The first kappa shape index (κ1) is 8.60. The number of aromatic amines is 1. The fraction of sp³-hybridized carbons (Fsp3) is 0.200. The van der Waals surface area contributed by atoms with Gasteiger partial charge in [-0.05, 0) is 19.1 Å². The number of benzene rings is 1. The van der Waals surface area contributed by atoms with Gasteiger partial charge < -0.3 is 10.7 Å². The van der Waals surface area contributed by atoms with Crippen molar-refractivity contribution < 1.29 is 0 Å². The van der Waals surface area contributed by atoms with E-state index in [0.717, 1.165) is 21.6 Å². The van der Waals surface area contributed by atoms with E-state index < -0.39 is 0 Å². The topological polar surface area (TPSA) is 41.8 Å². The van der Waals surface area contributed by atoms with Crippen molar-refractivity contribution in [1.29, 1.82) is 0 Å². The fourth-order valence-electron chi connectivity index (χ4n) is 1.39. The van der Waals surface area contributed by atoms with Gasteiger partial charge in [0.05, 0.1) is 10.5 Å². The third kappa shape index (κ3) is 1.43. The summed E-state index contributed by atoms with van der Waals surface area (Å²) in [4.78, 5) is 3.21. The number of rotatable bonds is 1. The van der Waals surface area contributed by atoms with Gasteiger partial charge in [0.1, 0.15) is 0 Å². The van der Waals surface area contributed by atoms with Crippen LogP contribution in [0.25, 0.3) is 10.9 Å². The molecule has 0 aliphatic heterocycles. The average molecular weight is 195 g/mol. The van der Waals surface area contributed by atoms with Crippen molar-refractivity contribution in [3.8, 4) is 0 Å². The zero-order valence-corrected chi connectivity index (χ0v) is 8.10. The lowest BCUT2D eigenvalue weighted by Crippen LogP contribution is -2.04. The Morgan fingerprint density at radius 3 is 2.85 bits per heavy atom. The summed E-state index contributed by atoms with van der Waals surface area (Å²) in [6.07, 6.45) is 0. The summed E-state index contributed by atoms with van der Waals surface area (Å²) in [7, 11) is 0. The minimum Gasteiger partial charge on any atom is -0.356 e. The van der Waals surface area contributed by atoms with E-state index in [2.05, 4.69) is 4.98 Å². The van der Waals surface area contributed by atoms with Crippen LogP contribution in [0.1, 0.15) is 18.7 Å². The Hall–Kier alpha value is -0.990. The summed E-state index contributed by atoms with van der Waals surface area (Å²) < 4.78 is 0. The first-order valence-corrected chi connectivity index (χ1v) is 4.59. The molecule has 2 aromatic rings. The molecular formula is C10H11ClN2. The standard InChI is InChI=1S/C10H11ClN2/c1-6(12)9-5-7-3-2-4-8(11)10(7)13-9/h2-6,13H,12H2,1H3/t6-/m0/s1. The van der Waals surface area contributed by atoms with Gasteiger partial charge in [-0.2, -0.15) is 0 Å². The number of nitrogens with two attached hydrogens (primary N) is 1. The maximum absolute atomic E-state index is 6.00. The second kappa shape index (κ2) is 3.05. The lowest BCUT2D eigenvalue weighted by Gasteiger charge is -1.98. The molecule has 1 atom stereocenters. The molecule has 0 amide bonds. The van der Waals surface area contributed by atoms with Crippen LogP contribution in [-0.2, 0) is 0 Å². The maximum atomic E-state index is 6.00. The number of nitrogens with one attached hydrogen (secondary N) is 1. The van der Waals surface area contributed by atoms with Crippen LogP contribution < -0.4 is 5.73 Å². The van der Waals surface area contributed by atoms with E-state index in [1.807, 2.05) is 31.2 Å². The molecule has 68 valence electrons. The lowest BCUT2D eigenvalue weighted by molar-refractivity contribution is 0.792. The molecule has 0 unspecified atom stereocenters. The minimum absolute atomic E-state index is 0.0171. The second-order valence-electron chi connectivity index (χ2n) is 3.22. The van der Waals surface area contributed by atoms with E-state index in [4.69, 9.17) is 17.3 Å². The highest BCUT2D eigenvalue weighted by Gasteiger charge is 2.05. The molecule has 0 radical (unpaired) electrons. The third-order valence-electron chi connectivity index (χ3n) is 2.12. The molecule has 3 N–H and O–H groups in total. The molecule has 0 spiro atoms. The maximum Gasteiger partial charge on any atom is 0.0647 e. The van der Waals surface area contributed by atoms with Crippen LogP contribution in [0.3, 0.4) is 0 Å². The van der Waals surface area contributed by atoms with Gasteiger partial charge in [0.15, 0.2) is 0 Å². The molecule has 0 saturated heterocycles. The molecule has 0 saturated carbocycles. The number of hydrogen-bond acceptors (Lipinski definition) is 1. The van der Waals surface area contributed by atoms with Crippen LogP contribution >= 0.6 is 11.6 Å². The molecule has 1 aromatic heterocycles. The molecule has 0 bridgehead atoms. The molecule has 2 nitrogen and oxygen atoms in total. The molecular weight excluding hydrogens is 184 g/mol. The van der Waals surface area contributed by atoms with Crippen molar-refractivity contribution in [2.24, 2.45) is 5.73 Å². The zero-order valence-electron chi connectivity index (χ0n) is 7.34. The van der Waals surface area contributed by atoms with Crippen molar-refractivity contribution in [2.45, 2.75) is 13.0 Å². The number of aromatic nitrogens is 1. The van der Waals surface area contributed by atoms with Crippen LogP contribution in [0.15, 0.2) is 24.3 Å². The highest BCUT2D eigenvalue weighted by molar-refractivity contribution is 6.35. The Kier molecular flexibility index (Phi) is 2.02. The predicted molar refractivity (Wildman–Crippen MR) is 55.9 cm³/mol. The Labute approximate surface area is 81.7 Å². The zero-order chi connectivity index (χ0) is 9.42. The van der Waals surface area contributed by atoms with Gasteiger partial charge in [-0.3, -0.25) is 0 Å². The first-order chi connectivity index (χ1) is 6.18. The van der Waals surface area contributed by atoms with Crippen molar-refractivity contribution in [3.05, 3.63) is 35.0 Å². The minimum atomic E-state index is 0.0171. The molecule has 1 aromatic carbocycles. The van der Waals surface area contributed by atoms with Crippen molar-refractivity contribution in [3.63, 3.8) is 0 Å². The van der Waals surface area contributed by atoms with Gasteiger partial charge in [0, 0.05) is 17.1 Å². The smallest absolute Gasteiger partial charge is 0.0647 e. The summed E-state index contributed by atoms with van der Waals surface area (Å²) in [6, 6.07) is 7.87. The van der Waals surface area contributed by atoms with Gasteiger partial charge in [-0.1, -0.05) is 23.7 Å². The summed E-state index contributed by atoms with van der Waals surface area (Å²) in [5.74, 6) is 0. The van der Waals surface area contributed by atoms with Crippen LogP contribution in [0, 0.1) is 0 Å². The van der Waals surface area contributed by atoms with Gasteiger partial charge in [0.2, 0.25) is 0 Å². The van der Waals surface area contributed by atoms with E-state index >= 15 is 0 Å². The Balaban J connectivity index is 2.68. The summed E-state index contributed by atoms with van der Waals surface area (Å²) in [6.45, 7) is 1.94. The second-order valence-corrected chi connectivity index (χ2v) is 3.62. The summed E-state index contributed by atoms with van der Waals surface area (Å²) in [5.41, 5.74) is 7.74. The Morgan fingerprint density at radius 2 is 2.23 bits per heavy atom. The van der Waals surface area contributed by atoms with E-state index in [1.54, 1.807) is 0 Å². The first-order valence-electron chi connectivity index (χ1n) is 4.21. The average Bonchev–Trinajstić information content (AvgIpc) is 2.49. The highest BCUT2D eigenvalue weighted by Crippen LogP contribution is 2.24. The van der Waals surface area contributed by atoms with E-state index in [0.29, 0.717) is 0 Å². The van der Waals surface area contributed by atoms with Gasteiger partial charge in [-0.15, -0.1) is 0 Å². The SMILES string of the molecule is C[C@H](N)c1cc2cccc(Cl)c2[nH]1. The van der Waals surface area contributed by atoms with Crippen molar-refractivity contribution in [2.75, 3.05) is 0 Å². The third-order valence-corrected chi connectivity index (χ3v) is 2.43. The largest absolute Gasteiger partial charge is 0.356 e. The van der Waals surface area contributed by atoms with E-state index in [9.17, 15) is 0 Å². The van der Waals surface area contributed by atoms with Crippen molar-refractivity contribution >= 4 is 22.5 Å². The quantitative estimate of drug-likeness (QED) is 0.720. The van der Waals surface area contributed by atoms with E-state index in [-0.39, 0.29) is 6.04 Å². The molecule has 3 heteroatoms. The molecule has 13 heavy (non-hydrogen) atoms.